The van der Waals surface area contributed by atoms with Crippen LogP contribution in [0.2, 0.25) is 0 Å². The number of nitrogens with one attached hydrogen (secondary N) is 1. The number of para-hydroxylation sites is 1. The van der Waals surface area contributed by atoms with E-state index in [0.717, 1.165) is 19.6 Å². The van der Waals surface area contributed by atoms with Crippen molar-refractivity contribution in [3.63, 3.8) is 0 Å². The van der Waals surface area contributed by atoms with E-state index in [1.807, 2.05) is 0 Å². The number of anilines is 1. The Kier molecular flexibility index (Phi) is 6.93. The Hall–Kier alpha value is -1.02. The molecule has 19 heavy (non-hydrogen) atoms. The van der Waals surface area contributed by atoms with Gasteiger partial charge in [0.1, 0.15) is 0 Å². The lowest BCUT2D eigenvalue weighted by Gasteiger charge is -2.32. The van der Waals surface area contributed by atoms with E-state index in [4.69, 9.17) is 0 Å². The molecule has 1 rings (SSSR count). The van der Waals surface area contributed by atoms with Crippen molar-refractivity contribution in [2.45, 2.75) is 53.6 Å². The fourth-order valence-electron chi connectivity index (χ4n) is 2.32. The van der Waals surface area contributed by atoms with Gasteiger partial charge in [-0.05, 0) is 44.4 Å². The van der Waals surface area contributed by atoms with Crippen LogP contribution in [-0.4, -0.2) is 19.1 Å². The number of benzene rings is 1. The van der Waals surface area contributed by atoms with Crippen molar-refractivity contribution in [3.05, 3.63) is 29.8 Å². The molecule has 1 aromatic carbocycles. The zero-order valence-electron chi connectivity index (χ0n) is 13.2. The molecular formula is C17H30N2. The SMILES string of the molecule is CCCNCc1ccccc1N(CC(C)C)C(C)C. The summed E-state index contributed by atoms with van der Waals surface area (Å²) in [4.78, 5) is 2.52. The highest BCUT2D eigenvalue weighted by atomic mass is 15.2. The Morgan fingerprint density at radius 1 is 1.11 bits per heavy atom. The number of hydrogen-bond acceptors (Lipinski definition) is 2. The van der Waals surface area contributed by atoms with Crippen molar-refractivity contribution in [2.24, 2.45) is 5.92 Å². The highest BCUT2D eigenvalue weighted by Gasteiger charge is 2.15. The van der Waals surface area contributed by atoms with E-state index >= 15 is 0 Å². The first-order chi connectivity index (χ1) is 9.06. The van der Waals surface area contributed by atoms with Gasteiger partial charge in [-0.2, -0.15) is 0 Å². The second kappa shape index (κ2) is 8.21. The minimum Gasteiger partial charge on any atom is -0.369 e. The van der Waals surface area contributed by atoms with Crippen molar-refractivity contribution >= 4 is 5.69 Å². The molecule has 0 unspecified atom stereocenters. The number of nitrogens with zero attached hydrogens (tertiary/aromatic N) is 1. The summed E-state index contributed by atoms with van der Waals surface area (Å²) < 4.78 is 0. The average molecular weight is 262 g/mol. The number of rotatable bonds is 8. The smallest absolute Gasteiger partial charge is 0.0414 e. The van der Waals surface area contributed by atoms with E-state index in [1.54, 1.807) is 0 Å². The molecule has 108 valence electrons. The van der Waals surface area contributed by atoms with Crippen molar-refractivity contribution in [2.75, 3.05) is 18.0 Å². The third-order valence-electron chi connectivity index (χ3n) is 3.23. The largest absolute Gasteiger partial charge is 0.369 e. The van der Waals surface area contributed by atoms with Crippen LogP contribution in [0.3, 0.4) is 0 Å². The molecule has 0 saturated heterocycles. The van der Waals surface area contributed by atoms with Crippen LogP contribution in [0.25, 0.3) is 0 Å². The van der Waals surface area contributed by atoms with Gasteiger partial charge in [-0.3, -0.25) is 0 Å². The van der Waals surface area contributed by atoms with Gasteiger partial charge in [0.25, 0.3) is 0 Å². The van der Waals surface area contributed by atoms with Crippen molar-refractivity contribution in [1.82, 2.24) is 5.32 Å². The Bertz CT molecular complexity index is 358. The van der Waals surface area contributed by atoms with Crippen LogP contribution in [0.5, 0.6) is 0 Å². The first kappa shape index (κ1) is 16.0. The summed E-state index contributed by atoms with van der Waals surface area (Å²) in [5, 5.41) is 3.51. The summed E-state index contributed by atoms with van der Waals surface area (Å²) in [5.41, 5.74) is 2.79. The van der Waals surface area contributed by atoms with E-state index in [-0.39, 0.29) is 0 Å². The molecule has 0 bridgehead atoms. The molecule has 0 spiro atoms. The summed E-state index contributed by atoms with van der Waals surface area (Å²) in [5.74, 6) is 0.680. The molecule has 0 aliphatic heterocycles. The summed E-state index contributed by atoms with van der Waals surface area (Å²) in [6.07, 6.45) is 1.18. The molecule has 0 atom stereocenters. The molecular weight excluding hydrogens is 232 g/mol. The van der Waals surface area contributed by atoms with E-state index in [0.29, 0.717) is 12.0 Å². The predicted octanol–water partition coefficient (Wildman–Crippen LogP) is 4.06. The molecule has 0 saturated carbocycles. The van der Waals surface area contributed by atoms with Crippen molar-refractivity contribution < 1.29 is 0 Å². The van der Waals surface area contributed by atoms with Crippen LogP contribution >= 0.6 is 0 Å². The van der Waals surface area contributed by atoms with E-state index in [9.17, 15) is 0 Å². The molecule has 0 radical (unpaired) electrons. The van der Waals surface area contributed by atoms with E-state index in [1.165, 1.54) is 17.7 Å². The molecule has 0 aromatic heterocycles. The second-order valence-electron chi connectivity index (χ2n) is 5.95. The standard InChI is InChI=1S/C17H30N2/c1-6-11-18-12-16-9-7-8-10-17(16)19(15(4)5)13-14(2)3/h7-10,14-15,18H,6,11-13H2,1-5H3. The Morgan fingerprint density at radius 2 is 1.79 bits per heavy atom. The van der Waals surface area contributed by atoms with Gasteiger partial charge in [-0.15, -0.1) is 0 Å². The van der Waals surface area contributed by atoms with Crippen LogP contribution in [0.1, 0.15) is 46.6 Å². The van der Waals surface area contributed by atoms with Crippen LogP contribution in [0.4, 0.5) is 5.69 Å². The minimum absolute atomic E-state index is 0.537. The first-order valence-corrected chi connectivity index (χ1v) is 7.61. The van der Waals surface area contributed by atoms with Gasteiger partial charge in [-0.1, -0.05) is 39.0 Å². The Labute approximate surface area is 119 Å². The second-order valence-corrected chi connectivity index (χ2v) is 5.95. The molecule has 0 aliphatic rings. The molecule has 1 N–H and O–H groups in total. The molecule has 2 heteroatoms. The average Bonchev–Trinajstić information content (AvgIpc) is 2.36. The molecule has 0 amide bonds. The summed E-state index contributed by atoms with van der Waals surface area (Å²) in [7, 11) is 0. The monoisotopic (exact) mass is 262 g/mol. The molecule has 0 heterocycles. The Balaban J connectivity index is 2.88. The Morgan fingerprint density at radius 3 is 2.37 bits per heavy atom. The minimum atomic E-state index is 0.537. The van der Waals surface area contributed by atoms with Crippen LogP contribution < -0.4 is 10.2 Å². The van der Waals surface area contributed by atoms with Crippen LogP contribution in [0.15, 0.2) is 24.3 Å². The van der Waals surface area contributed by atoms with Gasteiger partial charge in [-0.25, -0.2) is 0 Å². The lowest BCUT2D eigenvalue weighted by atomic mass is 10.1. The van der Waals surface area contributed by atoms with Crippen molar-refractivity contribution in [1.29, 1.82) is 0 Å². The maximum Gasteiger partial charge on any atom is 0.0414 e. The van der Waals surface area contributed by atoms with Gasteiger partial charge < -0.3 is 10.2 Å². The van der Waals surface area contributed by atoms with Gasteiger partial charge in [0.05, 0.1) is 0 Å². The van der Waals surface area contributed by atoms with Crippen LogP contribution in [-0.2, 0) is 6.54 Å². The van der Waals surface area contributed by atoms with Gasteiger partial charge in [0.15, 0.2) is 0 Å². The van der Waals surface area contributed by atoms with Gasteiger partial charge in [0.2, 0.25) is 0 Å². The number of hydrogen-bond donors (Lipinski definition) is 1. The molecule has 2 nitrogen and oxygen atoms in total. The third-order valence-corrected chi connectivity index (χ3v) is 3.23. The highest BCUT2D eigenvalue weighted by Crippen LogP contribution is 2.23. The van der Waals surface area contributed by atoms with E-state index < -0.39 is 0 Å². The highest BCUT2D eigenvalue weighted by molar-refractivity contribution is 5.54. The molecule has 0 fully saturated rings. The summed E-state index contributed by atoms with van der Waals surface area (Å²) >= 11 is 0. The lowest BCUT2D eigenvalue weighted by Crippen LogP contribution is -2.35. The topological polar surface area (TPSA) is 15.3 Å². The third kappa shape index (κ3) is 5.23. The lowest BCUT2D eigenvalue weighted by molar-refractivity contribution is 0.567. The fraction of sp³-hybridized carbons (Fsp3) is 0.647. The van der Waals surface area contributed by atoms with Gasteiger partial charge in [0, 0.05) is 24.8 Å². The molecule has 0 aliphatic carbocycles. The molecule has 1 aromatic rings. The summed E-state index contributed by atoms with van der Waals surface area (Å²) in [6.45, 7) is 14.5. The predicted molar refractivity (Wildman–Crippen MR) is 85.8 cm³/mol. The quantitative estimate of drug-likeness (QED) is 0.711. The summed E-state index contributed by atoms with van der Waals surface area (Å²) in [6, 6.07) is 9.32. The van der Waals surface area contributed by atoms with Crippen molar-refractivity contribution in [3.8, 4) is 0 Å². The van der Waals surface area contributed by atoms with Gasteiger partial charge >= 0.3 is 0 Å². The first-order valence-electron chi connectivity index (χ1n) is 7.61. The maximum absolute atomic E-state index is 3.51. The normalized spacial score (nSPS) is 11.3. The fourth-order valence-corrected chi connectivity index (χ4v) is 2.32. The van der Waals surface area contributed by atoms with E-state index in [2.05, 4.69) is 69.1 Å². The zero-order valence-corrected chi connectivity index (χ0v) is 13.2. The zero-order chi connectivity index (χ0) is 14.3. The van der Waals surface area contributed by atoms with Crippen LogP contribution in [0, 0.1) is 5.92 Å². The maximum atomic E-state index is 3.51.